The Morgan fingerprint density at radius 2 is 2.16 bits per heavy atom. The van der Waals surface area contributed by atoms with Gasteiger partial charge in [0.15, 0.2) is 0 Å². The van der Waals surface area contributed by atoms with E-state index in [4.69, 9.17) is 9.47 Å². The lowest BCUT2D eigenvalue weighted by Gasteiger charge is -2.14. The van der Waals surface area contributed by atoms with E-state index >= 15 is 0 Å². The monoisotopic (exact) mass is 342 g/mol. The van der Waals surface area contributed by atoms with E-state index in [1.807, 2.05) is 23.6 Å². The van der Waals surface area contributed by atoms with Crippen LogP contribution >= 0.6 is 27.3 Å². The molecule has 3 nitrogen and oxygen atoms in total. The summed E-state index contributed by atoms with van der Waals surface area (Å²) < 4.78 is 12.0. The van der Waals surface area contributed by atoms with Crippen LogP contribution in [0.5, 0.6) is 11.5 Å². The zero-order valence-corrected chi connectivity index (χ0v) is 13.1. The van der Waals surface area contributed by atoms with Gasteiger partial charge in [0.05, 0.1) is 13.2 Å². The highest BCUT2D eigenvalue weighted by Gasteiger charge is 2.11. The van der Waals surface area contributed by atoms with Gasteiger partial charge in [-0.15, -0.1) is 11.3 Å². The molecule has 19 heavy (non-hydrogen) atoms. The molecule has 1 heterocycles. The molecule has 1 N–H and O–H groups in total. The van der Waals surface area contributed by atoms with Gasteiger partial charge in [-0.1, -0.05) is 0 Å². The van der Waals surface area contributed by atoms with E-state index in [0.29, 0.717) is 18.1 Å². The van der Waals surface area contributed by atoms with Gasteiger partial charge in [0.1, 0.15) is 18.1 Å². The lowest BCUT2D eigenvalue weighted by molar-refractivity contribution is 0.190. The van der Waals surface area contributed by atoms with Crippen molar-refractivity contribution in [2.45, 2.75) is 19.6 Å². The lowest BCUT2D eigenvalue weighted by atomic mass is 10.1. The van der Waals surface area contributed by atoms with Crippen molar-refractivity contribution in [2.75, 3.05) is 7.11 Å². The molecule has 2 aromatic rings. The molecule has 0 radical (unpaired) electrons. The summed E-state index contributed by atoms with van der Waals surface area (Å²) in [7, 11) is 1.61. The van der Waals surface area contributed by atoms with Crippen molar-refractivity contribution < 1.29 is 14.6 Å². The maximum atomic E-state index is 9.74. The summed E-state index contributed by atoms with van der Waals surface area (Å²) in [6.45, 7) is 2.19. The predicted octanol–water partition coefficient (Wildman–Crippen LogP) is 4.15. The molecule has 1 aromatic carbocycles. The van der Waals surface area contributed by atoms with Crippen LogP contribution in [0.25, 0.3) is 0 Å². The summed E-state index contributed by atoms with van der Waals surface area (Å²) in [5.41, 5.74) is 0.761. The number of aliphatic hydroxyl groups excluding tert-OH is 1. The van der Waals surface area contributed by atoms with E-state index in [0.717, 1.165) is 14.9 Å². The number of thiophene rings is 1. The van der Waals surface area contributed by atoms with Crippen molar-refractivity contribution in [3.05, 3.63) is 44.6 Å². The van der Waals surface area contributed by atoms with E-state index < -0.39 is 6.10 Å². The summed E-state index contributed by atoms with van der Waals surface area (Å²) >= 11 is 5.04. The molecule has 0 saturated carbocycles. The molecule has 1 aromatic heterocycles. The molecule has 5 heteroatoms. The SMILES string of the molecule is COc1ccc(C(C)O)c(OCc2cc(Br)cs2)c1. The fraction of sp³-hybridized carbons (Fsp3) is 0.286. The van der Waals surface area contributed by atoms with E-state index in [9.17, 15) is 5.11 Å². The van der Waals surface area contributed by atoms with Gasteiger partial charge in [-0.3, -0.25) is 0 Å². The smallest absolute Gasteiger partial charge is 0.129 e. The van der Waals surface area contributed by atoms with E-state index in [1.54, 1.807) is 31.4 Å². The Kier molecular flexibility index (Phi) is 4.85. The average molecular weight is 343 g/mol. The number of methoxy groups -OCH3 is 1. The number of rotatable bonds is 5. The highest BCUT2D eigenvalue weighted by Crippen LogP contribution is 2.31. The van der Waals surface area contributed by atoms with Gasteiger partial charge in [0.25, 0.3) is 0 Å². The molecule has 2 rings (SSSR count). The molecule has 0 amide bonds. The van der Waals surface area contributed by atoms with Gasteiger partial charge in [-0.25, -0.2) is 0 Å². The molecule has 0 aliphatic rings. The van der Waals surface area contributed by atoms with Gasteiger partial charge in [0.2, 0.25) is 0 Å². The van der Waals surface area contributed by atoms with Gasteiger partial charge in [0, 0.05) is 26.4 Å². The number of benzene rings is 1. The fourth-order valence-corrected chi connectivity index (χ4v) is 3.05. The first kappa shape index (κ1) is 14.4. The van der Waals surface area contributed by atoms with Crippen molar-refractivity contribution in [1.82, 2.24) is 0 Å². The van der Waals surface area contributed by atoms with E-state index in [-0.39, 0.29) is 0 Å². The average Bonchev–Trinajstić information content (AvgIpc) is 2.81. The largest absolute Gasteiger partial charge is 0.497 e. The Morgan fingerprint density at radius 1 is 1.37 bits per heavy atom. The molecular weight excluding hydrogens is 328 g/mol. The first-order valence-electron chi connectivity index (χ1n) is 5.82. The number of hydrogen-bond donors (Lipinski definition) is 1. The van der Waals surface area contributed by atoms with Crippen LogP contribution in [0.1, 0.15) is 23.5 Å². The highest BCUT2D eigenvalue weighted by molar-refractivity contribution is 9.10. The number of hydrogen-bond acceptors (Lipinski definition) is 4. The van der Waals surface area contributed by atoms with Crippen LogP contribution in [0.4, 0.5) is 0 Å². The first-order chi connectivity index (χ1) is 9.10. The summed E-state index contributed by atoms with van der Waals surface area (Å²) in [4.78, 5) is 1.12. The van der Waals surface area contributed by atoms with Crippen LogP contribution in [0.2, 0.25) is 0 Å². The number of aliphatic hydroxyl groups is 1. The summed E-state index contributed by atoms with van der Waals surface area (Å²) in [6.07, 6.45) is -0.573. The second-order valence-electron chi connectivity index (χ2n) is 4.10. The Morgan fingerprint density at radius 3 is 2.74 bits per heavy atom. The predicted molar refractivity (Wildman–Crippen MR) is 80.0 cm³/mol. The van der Waals surface area contributed by atoms with Crippen LogP contribution in [0.15, 0.2) is 34.1 Å². The van der Waals surface area contributed by atoms with Crippen LogP contribution < -0.4 is 9.47 Å². The maximum Gasteiger partial charge on any atom is 0.129 e. The van der Waals surface area contributed by atoms with Gasteiger partial charge in [-0.05, 0) is 41.1 Å². The number of halogens is 1. The Labute approximate surface area is 124 Å². The van der Waals surface area contributed by atoms with Gasteiger partial charge < -0.3 is 14.6 Å². The maximum absolute atomic E-state index is 9.74. The minimum atomic E-state index is -0.573. The zero-order chi connectivity index (χ0) is 13.8. The van der Waals surface area contributed by atoms with Crippen LogP contribution in [-0.2, 0) is 6.61 Å². The molecule has 0 saturated heterocycles. The third kappa shape index (κ3) is 3.72. The molecule has 1 unspecified atom stereocenters. The molecular formula is C14H15BrO3S. The molecule has 0 spiro atoms. The molecule has 1 atom stereocenters. The number of ether oxygens (including phenoxy) is 2. The van der Waals surface area contributed by atoms with Crippen molar-refractivity contribution in [3.8, 4) is 11.5 Å². The van der Waals surface area contributed by atoms with Crippen molar-refractivity contribution in [2.24, 2.45) is 0 Å². The Bertz CT molecular complexity index is 551. The Hall–Kier alpha value is -1.04. The summed E-state index contributed by atoms with van der Waals surface area (Å²) in [6, 6.07) is 7.46. The summed E-state index contributed by atoms with van der Waals surface area (Å²) in [5.74, 6) is 1.37. The third-order valence-corrected chi connectivity index (χ3v) is 4.33. The molecule has 0 aliphatic heterocycles. The second-order valence-corrected chi connectivity index (χ2v) is 6.01. The quantitative estimate of drug-likeness (QED) is 0.886. The molecule has 0 bridgehead atoms. The molecule has 0 fully saturated rings. The van der Waals surface area contributed by atoms with Crippen molar-refractivity contribution in [3.63, 3.8) is 0 Å². The Balaban J connectivity index is 2.17. The second kappa shape index (κ2) is 6.41. The van der Waals surface area contributed by atoms with Gasteiger partial charge in [-0.2, -0.15) is 0 Å². The molecule has 0 aliphatic carbocycles. The lowest BCUT2D eigenvalue weighted by Crippen LogP contribution is -2.00. The minimum absolute atomic E-state index is 0.475. The minimum Gasteiger partial charge on any atom is -0.497 e. The standard InChI is InChI=1S/C14H15BrO3S/c1-9(16)13-4-3-11(17-2)6-14(13)18-7-12-5-10(15)8-19-12/h3-6,8-9,16H,7H2,1-2H3. The van der Waals surface area contributed by atoms with Crippen molar-refractivity contribution in [1.29, 1.82) is 0 Å². The topological polar surface area (TPSA) is 38.7 Å². The van der Waals surface area contributed by atoms with Gasteiger partial charge >= 0.3 is 0 Å². The van der Waals surface area contributed by atoms with Crippen molar-refractivity contribution >= 4 is 27.3 Å². The normalized spacial score (nSPS) is 12.2. The van der Waals surface area contributed by atoms with E-state index in [2.05, 4.69) is 15.9 Å². The zero-order valence-electron chi connectivity index (χ0n) is 10.7. The first-order valence-corrected chi connectivity index (χ1v) is 7.49. The fourth-order valence-electron chi connectivity index (χ4n) is 1.69. The van der Waals surface area contributed by atoms with Crippen LogP contribution in [0, 0.1) is 0 Å². The van der Waals surface area contributed by atoms with Crippen LogP contribution in [-0.4, -0.2) is 12.2 Å². The van der Waals surface area contributed by atoms with E-state index in [1.165, 1.54) is 0 Å². The third-order valence-electron chi connectivity index (χ3n) is 2.66. The summed E-state index contributed by atoms with van der Waals surface area (Å²) in [5, 5.41) is 11.8. The highest BCUT2D eigenvalue weighted by atomic mass is 79.9. The molecule has 102 valence electrons. The van der Waals surface area contributed by atoms with Crippen LogP contribution in [0.3, 0.4) is 0 Å².